The lowest BCUT2D eigenvalue weighted by atomic mass is 9.89. The minimum atomic E-state index is -5.41. The number of carbonyl (C=O) groups excluding carboxylic acids is 1. The Morgan fingerprint density at radius 1 is 0.974 bits per heavy atom. The average molecular weight is 574 g/mol. The molecular weight excluding hydrogens is 544 g/mol. The maximum absolute atomic E-state index is 14.2. The lowest BCUT2D eigenvalue weighted by Gasteiger charge is -2.27. The first-order chi connectivity index (χ1) is 18.4. The fraction of sp³-hybridized carbons (Fsp3) is 0.464. The molecule has 0 aromatic heterocycles. The topological polar surface area (TPSA) is 38.8 Å². The molecule has 0 bridgehead atoms. The number of ketones is 1. The zero-order chi connectivity index (χ0) is 28.2. The Bertz CT molecular complexity index is 1180. The summed E-state index contributed by atoms with van der Waals surface area (Å²) < 4.78 is 96.2. The normalized spacial score (nSPS) is 20.8. The van der Waals surface area contributed by atoms with E-state index in [0.29, 0.717) is 54.6 Å². The van der Waals surface area contributed by atoms with Crippen molar-refractivity contribution in [3.8, 4) is 5.75 Å². The zero-order valence-corrected chi connectivity index (χ0v) is 22.1. The van der Waals surface area contributed by atoms with Gasteiger partial charge in [-0.25, -0.2) is 0 Å². The van der Waals surface area contributed by atoms with Crippen LogP contribution >= 0.6 is 11.8 Å². The van der Waals surface area contributed by atoms with Gasteiger partial charge in [-0.2, -0.15) is 26.3 Å². The third-order valence-corrected chi connectivity index (χ3v) is 7.83. The Hall–Kier alpha value is -2.66. The maximum Gasteiger partial charge on any atom is 0.418 e. The van der Waals surface area contributed by atoms with Gasteiger partial charge in [-0.3, -0.25) is 4.79 Å². The second-order valence-electron chi connectivity index (χ2n) is 9.76. The van der Waals surface area contributed by atoms with Crippen molar-refractivity contribution in [2.24, 2.45) is 5.92 Å². The molecule has 4 nitrogen and oxygen atoms in total. The van der Waals surface area contributed by atoms with E-state index in [4.69, 9.17) is 9.47 Å². The van der Waals surface area contributed by atoms with Gasteiger partial charge in [0.15, 0.2) is 5.78 Å². The van der Waals surface area contributed by atoms with Gasteiger partial charge in [0, 0.05) is 40.7 Å². The maximum atomic E-state index is 14.2. The van der Waals surface area contributed by atoms with E-state index < -0.39 is 39.7 Å². The highest BCUT2D eigenvalue weighted by molar-refractivity contribution is 7.99. The van der Waals surface area contributed by atoms with Crippen LogP contribution in [0.5, 0.6) is 5.75 Å². The Labute approximate surface area is 227 Å². The number of hydrogen-bond acceptors (Lipinski definition) is 5. The number of benzene rings is 2. The van der Waals surface area contributed by atoms with Crippen molar-refractivity contribution in [3.05, 3.63) is 65.4 Å². The van der Waals surface area contributed by atoms with Crippen molar-refractivity contribution in [2.45, 2.75) is 60.9 Å². The van der Waals surface area contributed by atoms with Gasteiger partial charge < -0.3 is 14.4 Å². The van der Waals surface area contributed by atoms with E-state index in [1.807, 2.05) is 0 Å². The lowest BCUT2D eigenvalue weighted by Crippen LogP contribution is -2.32. The summed E-state index contributed by atoms with van der Waals surface area (Å²) in [6.07, 6.45) is -4.87. The van der Waals surface area contributed by atoms with Crippen LogP contribution in [0, 0.1) is 5.92 Å². The molecule has 39 heavy (non-hydrogen) atoms. The number of halogens is 6. The number of rotatable bonds is 7. The van der Waals surface area contributed by atoms with Crippen LogP contribution in [0.2, 0.25) is 0 Å². The molecule has 0 spiro atoms. The molecule has 4 rings (SSSR count). The minimum Gasteiger partial charge on any atom is -0.490 e. The molecule has 1 aliphatic carbocycles. The van der Waals surface area contributed by atoms with Gasteiger partial charge in [0.2, 0.25) is 0 Å². The monoisotopic (exact) mass is 573 g/mol. The summed E-state index contributed by atoms with van der Waals surface area (Å²) in [4.78, 5) is 14.0. The van der Waals surface area contributed by atoms with Crippen molar-refractivity contribution in [3.63, 3.8) is 0 Å². The number of carbonyl (C=O) groups is 1. The quantitative estimate of drug-likeness (QED) is 0.192. The van der Waals surface area contributed by atoms with Crippen molar-refractivity contribution >= 4 is 17.5 Å². The Balaban J connectivity index is 1.65. The number of allylic oxidation sites excluding steroid dienone is 1. The molecule has 0 N–H and O–H groups in total. The van der Waals surface area contributed by atoms with Crippen LogP contribution in [-0.4, -0.2) is 43.1 Å². The second-order valence-corrected chi connectivity index (χ2v) is 10.9. The smallest absolute Gasteiger partial charge is 0.418 e. The molecule has 212 valence electrons. The Morgan fingerprint density at radius 2 is 1.64 bits per heavy atom. The van der Waals surface area contributed by atoms with E-state index in [9.17, 15) is 31.1 Å². The average Bonchev–Trinajstić information content (AvgIpc) is 2.88. The summed E-state index contributed by atoms with van der Waals surface area (Å²) in [5.41, 5.74) is -4.91. The first kappa shape index (κ1) is 29.3. The van der Waals surface area contributed by atoms with E-state index >= 15 is 0 Å². The first-order valence-electron chi connectivity index (χ1n) is 12.7. The molecule has 2 fully saturated rings. The fourth-order valence-electron chi connectivity index (χ4n) is 4.72. The van der Waals surface area contributed by atoms with E-state index in [2.05, 4.69) is 6.92 Å². The molecule has 2 aromatic rings. The third kappa shape index (κ3) is 7.72. The molecule has 0 amide bonds. The molecule has 0 atom stereocenters. The molecule has 2 aromatic carbocycles. The van der Waals surface area contributed by atoms with Gasteiger partial charge in [-0.05, 0) is 61.9 Å². The van der Waals surface area contributed by atoms with Crippen LogP contribution < -0.4 is 4.74 Å². The third-order valence-electron chi connectivity index (χ3n) is 6.78. The van der Waals surface area contributed by atoms with Gasteiger partial charge in [-0.1, -0.05) is 24.8 Å². The van der Waals surface area contributed by atoms with Crippen molar-refractivity contribution in [1.82, 2.24) is 4.90 Å². The molecular formula is C28H29F6NO3S. The van der Waals surface area contributed by atoms with Crippen LogP contribution in [-0.2, 0) is 17.1 Å². The van der Waals surface area contributed by atoms with Crippen LogP contribution in [0.4, 0.5) is 26.3 Å². The number of nitrogens with zero attached hydrogens (tertiary/aromatic N) is 1. The minimum absolute atomic E-state index is 0.0140. The highest BCUT2D eigenvalue weighted by atomic mass is 32.2. The summed E-state index contributed by atoms with van der Waals surface area (Å²) in [6.45, 7) is 3.76. The van der Waals surface area contributed by atoms with Crippen LogP contribution in [0.1, 0.15) is 54.1 Å². The van der Waals surface area contributed by atoms with Crippen molar-refractivity contribution < 1.29 is 40.6 Å². The van der Waals surface area contributed by atoms with E-state index in [0.717, 1.165) is 43.9 Å². The van der Waals surface area contributed by atoms with Gasteiger partial charge in [0.05, 0.1) is 30.4 Å². The number of ether oxygens (including phenoxy) is 2. The predicted molar refractivity (Wildman–Crippen MR) is 135 cm³/mol. The molecule has 1 heterocycles. The fourth-order valence-corrected chi connectivity index (χ4v) is 5.75. The van der Waals surface area contributed by atoms with E-state index in [1.54, 1.807) is 17.0 Å². The Kier molecular flexibility index (Phi) is 9.21. The second kappa shape index (κ2) is 12.2. The van der Waals surface area contributed by atoms with Crippen molar-refractivity contribution in [1.29, 1.82) is 0 Å². The Morgan fingerprint density at radius 3 is 2.28 bits per heavy atom. The summed E-state index contributed by atoms with van der Waals surface area (Å²) in [5.74, 6) is -0.0997. The number of hydrogen-bond donors (Lipinski definition) is 0. The summed E-state index contributed by atoms with van der Waals surface area (Å²) in [5, 5.41) is 0. The standard InChI is InChI=1S/C28H29F6NO3S/c1-18-5-7-19(8-6-18)38-20-3-2-4-21(17-20)39-24-10-9-22(23(36)11-12-35-13-15-37-16-14-35)25(27(29,30)31)26(24)28(32,33)34/h2-4,9-12,17-19H,5-8,13-16H2,1H3. The number of morpholine rings is 1. The summed E-state index contributed by atoms with van der Waals surface area (Å²) >= 11 is 0.553. The van der Waals surface area contributed by atoms with Crippen molar-refractivity contribution in [2.75, 3.05) is 26.3 Å². The zero-order valence-electron chi connectivity index (χ0n) is 21.3. The van der Waals surface area contributed by atoms with E-state index in [-0.39, 0.29) is 6.10 Å². The van der Waals surface area contributed by atoms with Gasteiger partial charge in [0.25, 0.3) is 0 Å². The molecule has 0 unspecified atom stereocenters. The number of alkyl halides is 6. The summed E-state index contributed by atoms with van der Waals surface area (Å²) in [7, 11) is 0. The molecule has 11 heteroatoms. The van der Waals surface area contributed by atoms with Crippen LogP contribution in [0.15, 0.2) is 58.5 Å². The van der Waals surface area contributed by atoms with Crippen LogP contribution in [0.25, 0.3) is 0 Å². The lowest BCUT2D eigenvalue weighted by molar-refractivity contribution is -0.163. The highest BCUT2D eigenvalue weighted by Gasteiger charge is 2.47. The van der Waals surface area contributed by atoms with E-state index in [1.165, 1.54) is 18.3 Å². The first-order valence-corrected chi connectivity index (χ1v) is 13.5. The molecule has 1 saturated carbocycles. The van der Waals surface area contributed by atoms with Gasteiger partial charge in [-0.15, -0.1) is 0 Å². The highest BCUT2D eigenvalue weighted by Crippen LogP contribution is 2.48. The molecule has 1 saturated heterocycles. The van der Waals surface area contributed by atoms with Crippen LogP contribution in [0.3, 0.4) is 0 Å². The predicted octanol–water partition coefficient (Wildman–Crippen LogP) is 7.86. The SMILES string of the molecule is CC1CCC(Oc2cccc(Sc3ccc(C(=O)C=CN4CCOCC4)c(C(F)(F)F)c3C(F)(F)F)c2)CC1. The molecule has 1 aliphatic heterocycles. The largest absolute Gasteiger partial charge is 0.490 e. The van der Waals surface area contributed by atoms with Gasteiger partial charge in [0.1, 0.15) is 5.75 Å². The van der Waals surface area contributed by atoms with Gasteiger partial charge >= 0.3 is 12.4 Å². The molecule has 0 radical (unpaired) electrons. The molecule has 2 aliphatic rings. The summed E-state index contributed by atoms with van der Waals surface area (Å²) in [6, 6.07) is 8.05.